The molecule has 3 nitrogen and oxygen atoms in total. The third-order valence-electron chi connectivity index (χ3n) is 6.68. The second-order valence-corrected chi connectivity index (χ2v) is 9.40. The summed E-state index contributed by atoms with van der Waals surface area (Å²) < 4.78 is 8.49. The summed E-state index contributed by atoms with van der Waals surface area (Å²) in [7, 11) is 1.80. The monoisotopic (exact) mass is 420 g/mol. The minimum absolute atomic E-state index is 0.741. The number of hydrogen-bond acceptors (Lipinski definition) is 2. The van der Waals surface area contributed by atoms with E-state index in [1.807, 2.05) is 19.9 Å². The van der Waals surface area contributed by atoms with Crippen molar-refractivity contribution in [3.63, 3.8) is 0 Å². The minimum Gasteiger partial charge on any atom is -0.427 e. The zero-order chi connectivity index (χ0) is 22.5. The van der Waals surface area contributed by atoms with E-state index in [2.05, 4.69) is 83.4 Å². The Morgan fingerprint density at radius 3 is 2.00 bits per heavy atom. The first kappa shape index (κ1) is 20.8. The zero-order valence-corrected chi connectivity index (χ0v) is 19.0. The molecule has 0 saturated carbocycles. The normalized spacial score (nSPS) is 12.7. The Morgan fingerprint density at radius 1 is 0.719 bits per heavy atom. The molecule has 0 amide bonds. The topological polar surface area (TPSA) is 34.4 Å². The fourth-order valence-electron chi connectivity index (χ4n) is 4.16. The molecule has 1 heterocycles. The number of benzene rings is 4. The van der Waals surface area contributed by atoms with Crippen LogP contribution < -0.4 is 5.46 Å². The molecule has 1 radical (unpaired) electrons. The quantitative estimate of drug-likeness (QED) is 0.368. The van der Waals surface area contributed by atoms with E-state index in [9.17, 15) is 5.11 Å². The molecule has 159 valence electrons. The number of hydrogen-bond donors (Lipinski definition) is 1. The molecule has 0 unspecified atom stereocenters. The number of rotatable bonds is 5. The summed E-state index contributed by atoms with van der Waals surface area (Å²) in [4.78, 5) is 0. The van der Waals surface area contributed by atoms with Crippen molar-refractivity contribution >= 4 is 45.5 Å². The van der Waals surface area contributed by atoms with Gasteiger partial charge in [0, 0.05) is 16.5 Å². The highest BCUT2D eigenvalue weighted by molar-refractivity contribution is 6.53. The van der Waals surface area contributed by atoms with Crippen LogP contribution in [0.15, 0.2) is 84.9 Å². The van der Waals surface area contributed by atoms with Crippen LogP contribution in [0.5, 0.6) is 0 Å². The molecule has 0 spiro atoms. The number of fused-ring (bicyclic) bond motifs is 5. The second kappa shape index (κ2) is 7.51. The number of nitrogens with zero attached hydrogens (tertiary/aromatic N) is 1. The maximum Gasteiger partial charge on any atom is 0.331 e. The molecule has 1 aromatic heterocycles. The molecule has 0 fully saturated rings. The molecule has 0 bridgehead atoms. The third kappa shape index (κ3) is 3.31. The number of aliphatic hydroxyl groups is 1. The van der Waals surface area contributed by atoms with Gasteiger partial charge in [0.1, 0.15) is 0 Å². The van der Waals surface area contributed by atoms with Crippen LogP contribution in [0.3, 0.4) is 0 Å². The number of para-hydroxylation sites is 2. The van der Waals surface area contributed by atoms with Gasteiger partial charge in [-0.25, -0.2) is 0 Å². The van der Waals surface area contributed by atoms with Crippen molar-refractivity contribution in [3.8, 4) is 5.69 Å². The molecule has 0 saturated heterocycles. The van der Waals surface area contributed by atoms with Crippen molar-refractivity contribution in [3.05, 3.63) is 84.9 Å². The maximum absolute atomic E-state index is 10.5. The second-order valence-electron chi connectivity index (χ2n) is 9.40. The highest BCUT2D eigenvalue weighted by atomic mass is 16.5. The van der Waals surface area contributed by atoms with E-state index in [1.165, 1.54) is 21.7 Å². The van der Waals surface area contributed by atoms with Gasteiger partial charge >= 0.3 is 7.48 Å². The van der Waals surface area contributed by atoms with Crippen molar-refractivity contribution < 1.29 is 9.76 Å². The highest BCUT2D eigenvalue weighted by Gasteiger charge is 2.36. The molecular weight excluding hydrogens is 393 g/mol. The third-order valence-corrected chi connectivity index (χ3v) is 6.68. The van der Waals surface area contributed by atoms with Crippen LogP contribution in [0.25, 0.3) is 38.3 Å². The molecule has 0 aliphatic carbocycles. The molecular formula is C28H27BNO2. The van der Waals surface area contributed by atoms with Gasteiger partial charge in [0.2, 0.25) is 0 Å². The van der Waals surface area contributed by atoms with E-state index in [0.29, 0.717) is 0 Å². The average molecular weight is 420 g/mol. The molecule has 4 aromatic carbocycles. The van der Waals surface area contributed by atoms with Gasteiger partial charge in [-0.1, -0.05) is 60.7 Å². The van der Waals surface area contributed by atoms with Crippen LogP contribution >= 0.6 is 0 Å². The van der Waals surface area contributed by atoms with Crippen molar-refractivity contribution in [2.75, 3.05) is 0 Å². The van der Waals surface area contributed by atoms with Gasteiger partial charge in [0.15, 0.2) is 0 Å². The van der Waals surface area contributed by atoms with Crippen molar-refractivity contribution in [2.45, 2.75) is 38.9 Å². The van der Waals surface area contributed by atoms with Gasteiger partial charge in [-0.15, -0.1) is 0 Å². The Balaban J connectivity index is 1.81. The minimum atomic E-state index is -0.984. The molecule has 4 heteroatoms. The largest absolute Gasteiger partial charge is 0.427 e. The maximum atomic E-state index is 10.5. The lowest BCUT2D eigenvalue weighted by molar-refractivity contribution is -0.0893. The summed E-state index contributed by atoms with van der Waals surface area (Å²) in [5, 5.41) is 15.3. The van der Waals surface area contributed by atoms with E-state index in [4.69, 9.17) is 4.65 Å². The fourth-order valence-corrected chi connectivity index (χ4v) is 4.16. The van der Waals surface area contributed by atoms with Crippen molar-refractivity contribution in [1.29, 1.82) is 0 Å². The Labute approximate surface area is 189 Å². The van der Waals surface area contributed by atoms with E-state index in [-0.39, 0.29) is 0 Å². The van der Waals surface area contributed by atoms with Crippen molar-refractivity contribution in [1.82, 2.24) is 4.57 Å². The predicted octanol–water partition coefficient (Wildman–Crippen LogP) is 5.75. The van der Waals surface area contributed by atoms with Crippen LogP contribution in [-0.2, 0) is 4.65 Å². The summed E-state index contributed by atoms with van der Waals surface area (Å²) in [6, 6.07) is 29.7. The van der Waals surface area contributed by atoms with E-state index < -0.39 is 11.2 Å². The van der Waals surface area contributed by atoms with Gasteiger partial charge < -0.3 is 14.3 Å². The molecule has 0 aliphatic rings. The molecule has 0 atom stereocenters. The van der Waals surface area contributed by atoms with Gasteiger partial charge in [-0.2, -0.15) is 0 Å². The van der Waals surface area contributed by atoms with Crippen LogP contribution in [-0.4, -0.2) is 28.4 Å². The van der Waals surface area contributed by atoms with E-state index in [0.717, 1.165) is 22.1 Å². The first-order chi connectivity index (χ1) is 15.3. The standard InChI is InChI=1S/C28H27BNO2/c1-27(2,31)28(3,4)32-29-23-18-25-26(21-15-9-8-14-20(21)23)22-16-10-11-17-24(22)30(25)19-12-6-5-7-13-19/h5-18,31H,1-4H3. The van der Waals surface area contributed by atoms with Gasteiger partial charge in [0.05, 0.1) is 22.2 Å². The highest BCUT2D eigenvalue weighted by Crippen LogP contribution is 2.36. The molecule has 5 aromatic rings. The molecule has 5 rings (SSSR count). The average Bonchev–Trinajstić information content (AvgIpc) is 3.11. The SMILES string of the molecule is CC(C)(O)C(C)(C)O[B]c1cc2c(c3ccccc13)c1ccccc1n2-c1ccccc1. The van der Waals surface area contributed by atoms with Crippen LogP contribution in [0.1, 0.15) is 27.7 Å². The predicted molar refractivity (Wildman–Crippen MR) is 135 cm³/mol. The Bertz CT molecular complexity index is 1430. The molecule has 32 heavy (non-hydrogen) atoms. The van der Waals surface area contributed by atoms with Gasteiger partial charge in [-0.3, -0.25) is 0 Å². The van der Waals surface area contributed by atoms with Crippen LogP contribution in [0, 0.1) is 0 Å². The lowest BCUT2D eigenvalue weighted by Crippen LogP contribution is -2.49. The van der Waals surface area contributed by atoms with Crippen LogP contribution in [0.2, 0.25) is 0 Å². The molecule has 0 aliphatic heterocycles. The van der Waals surface area contributed by atoms with E-state index in [1.54, 1.807) is 21.3 Å². The lowest BCUT2D eigenvalue weighted by Gasteiger charge is -2.37. The first-order valence-corrected chi connectivity index (χ1v) is 11.0. The zero-order valence-electron chi connectivity index (χ0n) is 19.0. The summed E-state index contributed by atoms with van der Waals surface area (Å²) in [6.45, 7) is 7.36. The smallest absolute Gasteiger partial charge is 0.331 e. The van der Waals surface area contributed by atoms with E-state index >= 15 is 0 Å². The summed E-state index contributed by atoms with van der Waals surface area (Å²) >= 11 is 0. The Hall–Kier alpha value is -3.08. The van der Waals surface area contributed by atoms with Crippen molar-refractivity contribution in [2.24, 2.45) is 0 Å². The Morgan fingerprint density at radius 2 is 1.31 bits per heavy atom. The summed E-state index contributed by atoms with van der Waals surface area (Å²) in [5.41, 5.74) is 2.70. The first-order valence-electron chi connectivity index (χ1n) is 11.0. The summed E-state index contributed by atoms with van der Waals surface area (Å²) in [5.74, 6) is 0. The Kier molecular flexibility index (Phi) is 4.88. The van der Waals surface area contributed by atoms with Crippen LogP contribution in [0.4, 0.5) is 0 Å². The fraction of sp³-hybridized carbons (Fsp3) is 0.214. The summed E-state index contributed by atoms with van der Waals surface area (Å²) in [6.07, 6.45) is 0. The lowest BCUT2D eigenvalue weighted by atomic mass is 9.79. The van der Waals surface area contributed by atoms with Gasteiger partial charge in [-0.05, 0) is 68.2 Å². The number of aromatic nitrogens is 1. The molecule has 1 N–H and O–H groups in total. The van der Waals surface area contributed by atoms with Gasteiger partial charge in [0.25, 0.3) is 0 Å².